The molecular formula is C29H24BrNO5S. The molecule has 0 aromatic heterocycles. The monoisotopic (exact) mass is 577 g/mol. The Labute approximate surface area is 227 Å². The second kappa shape index (κ2) is 12.1. The van der Waals surface area contributed by atoms with Gasteiger partial charge in [-0.25, -0.2) is 9.79 Å². The van der Waals surface area contributed by atoms with Gasteiger partial charge in [0.05, 0.1) is 11.5 Å². The van der Waals surface area contributed by atoms with E-state index in [9.17, 15) is 14.7 Å². The predicted molar refractivity (Wildman–Crippen MR) is 150 cm³/mol. The van der Waals surface area contributed by atoms with Crippen molar-refractivity contribution in [2.24, 2.45) is 4.99 Å². The SMILES string of the molecule is CCOC(=O)C1=C(O)/C(=C/c2cc(Br)ccc2OCc2ccccc2)SC1=NC(=O)c1ccccc1C. The summed E-state index contributed by atoms with van der Waals surface area (Å²) in [5.41, 5.74) is 2.72. The molecule has 6 nitrogen and oxygen atoms in total. The van der Waals surface area contributed by atoms with Crippen molar-refractivity contribution in [2.45, 2.75) is 20.5 Å². The topological polar surface area (TPSA) is 85.2 Å². The first kappa shape index (κ1) is 26.4. The van der Waals surface area contributed by atoms with Gasteiger partial charge in [0.2, 0.25) is 0 Å². The number of carbonyl (C=O) groups excluding carboxylic acids is 2. The summed E-state index contributed by atoms with van der Waals surface area (Å²) in [6, 6.07) is 22.3. The maximum atomic E-state index is 12.9. The molecule has 1 amide bonds. The maximum Gasteiger partial charge on any atom is 0.344 e. The van der Waals surface area contributed by atoms with E-state index in [1.165, 1.54) is 0 Å². The number of hydrogen-bond donors (Lipinski definition) is 1. The summed E-state index contributed by atoms with van der Waals surface area (Å²) in [5, 5.41) is 11.1. The van der Waals surface area contributed by atoms with E-state index in [-0.39, 0.29) is 23.0 Å². The van der Waals surface area contributed by atoms with Crippen LogP contribution in [-0.2, 0) is 16.1 Å². The van der Waals surface area contributed by atoms with Crippen LogP contribution in [0.15, 0.2) is 98.5 Å². The molecule has 0 bridgehead atoms. The Morgan fingerprint density at radius 1 is 1.05 bits per heavy atom. The number of aliphatic hydroxyl groups excluding tert-OH is 1. The van der Waals surface area contributed by atoms with E-state index in [4.69, 9.17) is 9.47 Å². The van der Waals surface area contributed by atoms with E-state index in [0.717, 1.165) is 27.4 Å². The number of benzene rings is 3. The average Bonchev–Trinajstić information content (AvgIpc) is 3.18. The fraction of sp³-hybridized carbons (Fsp3) is 0.138. The van der Waals surface area contributed by atoms with Gasteiger partial charge < -0.3 is 14.6 Å². The van der Waals surface area contributed by atoms with Crippen molar-refractivity contribution in [1.82, 2.24) is 0 Å². The van der Waals surface area contributed by atoms with Gasteiger partial charge in [0.1, 0.15) is 28.7 Å². The number of ether oxygens (including phenoxy) is 2. The molecule has 0 fully saturated rings. The highest BCUT2D eigenvalue weighted by Crippen LogP contribution is 2.40. The summed E-state index contributed by atoms with van der Waals surface area (Å²) in [5.74, 6) is -0.964. The van der Waals surface area contributed by atoms with Crippen LogP contribution in [0.5, 0.6) is 5.75 Å². The lowest BCUT2D eigenvalue weighted by atomic mass is 10.1. The lowest BCUT2D eigenvalue weighted by Crippen LogP contribution is -2.14. The largest absolute Gasteiger partial charge is 0.506 e. The molecule has 1 aliphatic rings. The Bertz CT molecular complexity index is 1430. The molecule has 0 aliphatic carbocycles. The Morgan fingerprint density at radius 3 is 2.51 bits per heavy atom. The molecule has 0 unspecified atom stereocenters. The van der Waals surface area contributed by atoms with Crippen LogP contribution in [0.3, 0.4) is 0 Å². The lowest BCUT2D eigenvalue weighted by Gasteiger charge is -2.11. The molecule has 1 heterocycles. The van der Waals surface area contributed by atoms with Gasteiger partial charge in [0.15, 0.2) is 0 Å². The zero-order valence-corrected chi connectivity index (χ0v) is 22.6. The number of rotatable bonds is 7. The number of aryl methyl sites for hydroxylation is 1. The summed E-state index contributed by atoms with van der Waals surface area (Å²) in [4.78, 5) is 30.2. The van der Waals surface area contributed by atoms with Crippen LogP contribution in [0.1, 0.15) is 34.0 Å². The van der Waals surface area contributed by atoms with E-state index in [0.29, 0.717) is 28.4 Å². The van der Waals surface area contributed by atoms with E-state index in [2.05, 4.69) is 20.9 Å². The van der Waals surface area contributed by atoms with Gasteiger partial charge in [-0.05, 0) is 55.3 Å². The summed E-state index contributed by atoms with van der Waals surface area (Å²) < 4.78 is 12.0. The molecule has 3 aromatic carbocycles. The summed E-state index contributed by atoms with van der Waals surface area (Å²) >= 11 is 4.51. The second-order valence-corrected chi connectivity index (χ2v) is 9.99. The van der Waals surface area contributed by atoms with Gasteiger partial charge in [0, 0.05) is 15.6 Å². The number of carbonyl (C=O) groups is 2. The predicted octanol–water partition coefficient (Wildman–Crippen LogP) is 7.04. The van der Waals surface area contributed by atoms with Crippen LogP contribution in [0, 0.1) is 6.92 Å². The number of thioether (sulfide) groups is 1. The summed E-state index contributed by atoms with van der Waals surface area (Å²) in [6.07, 6.45) is 1.70. The highest BCUT2D eigenvalue weighted by molar-refractivity contribution is 9.10. The molecule has 0 saturated heterocycles. The molecule has 1 N–H and O–H groups in total. The third-order valence-electron chi connectivity index (χ3n) is 5.44. The number of hydrogen-bond acceptors (Lipinski definition) is 6. The smallest absolute Gasteiger partial charge is 0.344 e. The van der Waals surface area contributed by atoms with E-state index >= 15 is 0 Å². The van der Waals surface area contributed by atoms with Crippen molar-refractivity contribution in [1.29, 1.82) is 0 Å². The molecule has 8 heteroatoms. The van der Waals surface area contributed by atoms with Crippen LogP contribution in [0.25, 0.3) is 6.08 Å². The van der Waals surface area contributed by atoms with Crippen molar-refractivity contribution >= 4 is 50.7 Å². The molecule has 0 spiro atoms. The third-order valence-corrected chi connectivity index (χ3v) is 6.96. The molecule has 0 saturated carbocycles. The van der Waals surface area contributed by atoms with Gasteiger partial charge in [-0.3, -0.25) is 4.79 Å². The minimum atomic E-state index is -0.748. The normalized spacial score (nSPS) is 15.3. The first-order valence-corrected chi connectivity index (χ1v) is 13.1. The summed E-state index contributed by atoms with van der Waals surface area (Å²) in [7, 11) is 0. The minimum Gasteiger partial charge on any atom is -0.506 e. The average molecular weight is 578 g/mol. The molecule has 188 valence electrons. The zero-order chi connectivity index (χ0) is 26.4. The fourth-order valence-electron chi connectivity index (χ4n) is 3.60. The Balaban J connectivity index is 1.70. The number of halogens is 1. The number of amides is 1. The Morgan fingerprint density at radius 2 is 1.78 bits per heavy atom. The molecule has 3 aromatic rings. The standard InChI is InChI=1S/C29H24BrNO5S/c1-3-35-29(34)25-26(32)24(37-28(25)31-27(33)22-12-8-7-9-18(22)2)16-20-15-21(30)13-14-23(20)36-17-19-10-5-4-6-11-19/h4-16,32H,3,17H2,1-2H3/b24-16-,31-28?. The number of aliphatic imine (C=N–C) groups is 1. The number of aliphatic hydroxyl groups is 1. The fourth-order valence-corrected chi connectivity index (χ4v) is 4.98. The lowest BCUT2D eigenvalue weighted by molar-refractivity contribution is -0.138. The van der Waals surface area contributed by atoms with Crippen LogP contribution in [0.4, 0.5) is 0 Å². The molecule has 37 heavy (non-hydrogen) atoms. The van der Waals surface area contributed by atoms with Crippen molar-refractivity contribution in [3.05, 3.63) is 116 Å². The molecule has 0 radical (unpaired) electrons. The van der Waals surface area contributed by atoms with Gasteiger partial charge in [0.25, 0.3) is 5.91 Å². The van der Waals surface area contributed by atoms with Crippen LogP contribution >= 0.6 is 27.7 Å². The third kappa shape index (κ3) is 6.39. The van der Waals surface area contributed by atoms with E-state index in [1.807, 2.05) is 67.6 Å². The molecule has 4 rings (SSSR count). The molecule has 1 aliphatic heterocycles. The highest BCUT2D eigenvalue weighted by atomic mass is 79.9. The van der Waals surface area contributed by atoms with Crippen LogP contribution in [-0.4, -0.2) is 28.6 Å². The Hall–Kier alpha value is -3.62. The second-order valence-electron chi connectivity index (χ2n) is 8.05. The quantitative estimate of drug-likeness (QED) is 0.303. The van der Waals surface area contributed by atoms with Gasteiger partial charge in [-0.15, -0.1) is 0 Å². The van der Waals surface area contributed by atoms with Gasteiger partial charge in [-0.2, -0.15) is 0 Å². The van der Waals surface area contributed by atoms with E-state index in [1.54, 1.807) is 25.1 Å². The van der Waals surface area contributed by atoms with Crippen LogP contribution < -0.4 is 4.74 Å². The minimum absolute atomic E-state index is 0.0807. The number of nitrogens with zero attached hydrogens (tertiary/aromatic N) is 1. The van der Waals surface area contributed by atoms with Gasteiger partial charge >= 0.3 is 5.97 Å². The maximum absolute atomic E-state index is 12.9. The van der Waals surface area contributed by atoms with Crippen molar-refractivity contribution in [3.8, 4) is 5.75 Å². The van der Waals surface area contributed by atoms with E-state index < -0.39 is 11.9 Å². The molecular weight excluding hydrogens is 554 g/mol. The van der Waals surface area contributed by atoms with Crippen molar-refractivity contribution in [2.75, 3.05) is 6.61 Å². The highest BCUT2D eigenvalue weighted by Gasteiger charge is 2.34. The Kier molecular flexibility index (Phi) is 8.63. The van der Waals surface area contributed by atoms with Crippen molar-refractivity contribution in [3.63, 3.8) is 0 Å². The molecule has 0 atom stereocenters. The van der Waals surface area contributed by atoms with Crippen molar-refractivity contribution < 1.29 is 24.2 Å². The van der Waals surface area contributed by atoms with Gasteiger partial charge in [-0.1, -0.05) is 76.2 Å². The number of esters is 1. The first-order valence-electron chi connectivity index (χ1n) is 11.5. The summed E-state index contributed by atoms with van der Waals surface area (Å²) in [6.45, 7) is 3.95. The zero-order valence-electron chi connectivity index (χ0n) is 20.2. The van der Waals surface area contributed by atoms with Crippen LogP contribution in [0.2, 0.25) is 0 Å². The first-order chi connectivity index (χ1) is 17.9.